The number of halogens is 1. The average molecular weight is 272 g/mol. The summed E-state index contributed by atoms with van der Waals surface area (Å²) in [4.78, 5) is 15.5. The molecule has 1 rings (SSSR count). The number of nitrogens with two attached hydrogens (primary N) is 1. The predicted octanol–water partition coefficient (Wildman–Crippen LogP) is 1.91. The van der Waals surface area contributed by atoms with E-state index < -0.39 is 0 Å². The number of nitrogens with zero attached hydrogens (tertiary/aromatic N) is 1. The van der Waals surface area contributed by atoms with Gasteiger partial charge in [-0.1, -0.05) is 6.92 Å². The van der Waals surface area contributed by atoms with E-state index in [1.165, 1.54) is 0 Å². The van der Waals surface area contributed by atoms with Crippen LogP contribution in [0.4, 0.5) is 5.82 Å². The molecule has 0 saturated heterocycles. The number of nitrogens with one attached hydrogen (secondary N) is 1. The first-order valence-corrected chi connectivity index (χ1v) is 5.58. The van der Waals surface area contributed by atoms with Crippen LogP contribution in [0.25, 0.3) is 0 Å². The van der Waals surface area contributed by atoms with Crippen LogP contribution in [0.15, 0.2) is 22.8 Å². The topological polar surface area (TPSA) is 68.0 Å². The molecule has 1 aromatic rings. The third kappa shape index (κ3) is 3.97. The lowest BCUT2D eigenvalue weighted by molar-refractivity contribution is -0.116. The summed E-state index contributed by atoms with van der Waals surface area (Å²) in [5, 5.41) is 2.70. The Labute approximate surface area is 97.4 Å². The van der Waals surface area contributed by atoms with Crippen LogP contribution in [0.3, 0.4) is 0 Å². The molecule has 3 N–H and O–H groups in total. The van der Waals surface area contributed by atoms with Gasteiger partial charge >= 0.3 is 0 Å². The normalized spacial score (nSPS) is 12.2. The van der Waals surface area contributed by atoms with Gasteiger partial charge in [0.2, 0.25) is 5.91 Å². The van der Waals surface area contributed by atoms with Gasteiger partial charge in [-0.3, -0.25) is 4.79 Å². The lowest BCUT2D eigenvalue weighted by atomic mass is 10.1. The molecular weight excluding hydrogens is 258 g/mol. The van der Waals surface area contributed by atoms with E-state index in [0.29, 0.717) is 12.2 Å². The van der Waals surface area contributed by atoms with Crippen molar-refractivity contribution in [1.82, 2.24) is 4.98 Å². The van der Waals surface area contributed by atoms with Crippen molar-refractivity contribution in [3.8, 4) is 0 Å². The summed E-state index contributed by atoms with van der Waals surface area (Å²) < 4.78 is 0.767. The molecule has 1 unspecified atom stereocenters. The zero-order valence-corrected chi connectivity index (χ0v) is 10.1. The molecule has 15 heavy (non-hydrogen) atoms. The van der Waals surface area contributed by atoms with Crippen LogP contribution in [-0.2, 0) is 4.79 Å². The van der Waals surface area contributed by atoms with Crippen molar-refractivity contribution < 1.29 is 4.79 Å². The summed E-state index contributed by atoms with van der Waals surface area (Å²) >= 11 is 3.30. The predicted molar refractivity (Wildman–Crippen MR) is 63.5 cm³/mol. The van der Waals surface area contributed by atoms with Gasteiger partial charge in [-0.2, -0.15) is 0 Å². The van der Waals surface area contributed by atoms with Gasteiger partial charge in [-0.15, -0.1) is 0 Å². The highest BCUT2D eigenvalue weighted by molar-refractivity contribution is 9.10. The highest BCUT2D eigenvalue weighted by atomic mass is 79.9. The lowest BCUT2D eigenvalue weighted by Gasteiger charge is -2.09. The largest absolute Gasteiger partial charge is 0.327 e. The van der Waals surface area contributed by atoms with Crippen LogP contribution in [0.5, 0.6) is 0 Å². The molecule has 0 aliphatic heterocycles. The first-order chi connectivity index (χ1) is 7.13. The van der Waals surface area contributed by atoms with E-state index in [9.17, 15) is 4.79 Å². The Bertz CT molecular complexity index is 343. The smallest absolute Gasteiger partial charge is 0.227 e. The van der Waals surface area contributed by atoms with Gasteiger partial charge in [0.25, 0.3) is 0 Å². The van der Waals surface area contributed by atoms with Gasteiger partial charge in [0.05, 0.1) is 4.47 Å². The molecule has 82 valence electrons. The van der Waals surface area contributed by atoms with Crippen molar-refractivity contribution in [1.29, 1.82) is 0 Å². The summed E-state index contributed by atoms with van der Waals surface area (Å²) in [5.41, 5.74) is 5.67. The molecule has 5 heteroatoms. The molecule has 1 amide bonds. The molecule has 0 radical (unpaired) electrons. The molecule has 1 heterocycles. The fraction of sp³-hybridized carbons (Fsp3) is 0.400. The van der Waals surface area contributed by atoms with E-state index in [-0.39, 0.29) is 11.9 Å². The number of hydrogen-bond acceptors (Lipinski definition) is 3. The first-order valence-electron chi connectivity index (χ1n) is 4.79. The maximum atomic E-state index is 11.5. The number of aromatic nitrogens is 1. The number of carbonyl (C=O) groups excluding carboxylic acids is 1. The standard InChI is InChI=1S/C10H14BrN3O/c1-2-7(12)6-9(15)14-10-8(11)4-3-5-13-10/h3-5,7H,2,6,12H2,1H3,(H,13,14,15). The summed E-state index contributed by atoms with van der Waals surface area (Å²) in [6.07, 6.45) is 2.73. The summed E-state index contributed by atoms with van der Waals surface area (Å²) in [5.74, 6) is 0.426. The Hall–Kier alpha value is -0.940. The van der Waals surface area contributed by atoms with Crippen LogP contribution in [0, 0.1) is 0 Å². The zero-order chi connectivity index (χ0) is 11.3. The lowest BCUT2D eigenvalue weighted by Crippen LogP contribution is -2.26. The minimum absolute atomic E-state index is 0.0903. The van der Waals surface area contributed by atoms with Crippen LogP contribution >= 0.6 is 15.9 Å². The van der Waals surface area contributed by atoms with Crippen molar-refractivity contribution in [2.75, 3.05) is 5.32 Å². The van der Waals surface area contributed by atoms with Gasteiger partial charge in [-0.25, -0.2) is 4.98 Å². The Morgan fingerprint density at radius 1 is 1.73 bits per heavy atom. The summed E-state index contributed by atoms with van der Waals surface area (Å²) in [7, 11) is 0. The van der Waals surface area contributed by atoms with Gasteiger partial charge in [0, 0.05) is 18.7 Å². The molecule has 1 aromatic heterocycles. The molecule has 0 spiro atoms. The fourth-order valence-electron chi connectivity index (χ4n) is 1.04. The Morgan fingerprint density at radius 2 is 2.47 bits per heavy atom. The molecule has 0 aliphatic rings. The Kier molecular flexibility index (Phi) is 4.71. The third-order valence-electron chi connectivity index (χ3n) is 1.99. The van der Waals surface area contributed by atoms with Crippen LogP contribution in [-0.4, -0.2) is 16.9 Å². The van der Waals surface area contributed by atoms with E-state index in [0.717, 1.165) is 10.9 Å². The molecule has 0 fully saturated rings. The highest BCUT2D eigenvalue weighted by Gasteiger charge is 2.09. The summed E-state index contributed by atoms with van der Waals surface area (Å²) in [6.45, 7) is 1.95. The number of anilines is 1. The SMILES string of the molecule is CCC(N)CC(=O)Nc1ncccc1Br. The Balaban J connectivity index is 2.55. The molecule has 0 aromatic carbocycles. The second kappa shape index (κ2) is 5.82. The molecule has 1 atom stereocenters. The van der Waals surface area contributed by atoms with Gasteiger partial charge in [0.15, 0.2) is 0 Å². The quantitative estimate of drug-likeness (QED) is 0.879. The van der Waals surface area contributed by atoms with Crippen molar-refractivity contribution in [2.24, 2.45) is 5.73 Å². The highest BCUT2D eigenvalue weighted by Crippen LogP contribution is 2.18. The third-order valence-corrected chi connectivity index (χ3v) is 2.63. The zero-order valence-electron chi connectivity index (χ0n) is 8.53. The average Bonchev–Trinajstić information content (AvgIpc) is 2.21. The van der Waals surface area contributed by atoms with Gasteiger partial charge in [-0.05, 0) is 34.5 Å². The molecule has 0 aliphatic carbocycles. The molecular formula is C10H14BrN3O. The number of pyridine rings is 1. The number of rotatable bonds is 4. The molecule has 0 saturated carbocycles. The summed E-state index contributed by atoms with van der Waals surface area (Å²) in [6, 6.07) is 3.52. The fourth-order valence-corrected chi connectivity index (χ4v) is 1.40. The second-order valence-corrected chi connectivity index (χ2v) is 4.11. The van der Waals surface area contributed by atoms with Crippen LogP contribution in [0.1, 0.15) is 19.8 Å². The van der Waals surface area contributed by atoms with E-state index in [2.05, 4.69) is 26.2 Å². The van der Waals surface area contributed by atoms with E-state index in [4.69, 9.17) is 5.73 Å². The minimum atomic E-state index is -0.108. The molecule has 4 nitrogen and oxygen atoms in total. The van der Waals surface area contributed by atoms with Crippen LogP contribution in [0.2, 0.25) is 0 Å². The second-order valence-electron chi connectivity index (χ2n) is 3.25. The first kappa shape index (κ1) is 12.1. The van der Waals surface area contributed by atoms with Gasteiger partial charge < -0.3 is 11.1 Å². The van der Waals surface area contributed by atoms with Crippen LogP contribution < -0.4 is 11.1 Å². The van der Waals surface area contributed by atoms with Gasteiger partial charge in [0.1, 0.15) is 5.82 Å². The van der Waals surface area contributed by atoms with E-state index >= 15 is 0 Å². The van der Waals surface area contributed by atoms with Crippen molar-refractivity contribution >= 4 is 27.7 Å². The monoisotopic (exact) mass is 271 g/mol. The minimum Gasteiger partial charge on any atom is -0.327 e. The molecule has 0 bridgehead atoms. The van der Waals surface area contributed by atoms with Crippen molar-refractivity contribution in [2.45, 2.75) is 25.8 Å². The maximum absolute atomic E-state index is 11.5. The number of carbonyl (C=O) groups is 1. The Morgan fingerprint density at radius 3 is 3.07 bits per heavy atom. The van der Waals surface area contributed by atoms with E-state index in [1.54, 1.807) is 12.3 Å². The van der Waals surface area contributed by atoms with Crippen molar-refractivity contribution in [3.63, 3.8) is 0 Å². The number of amides is 1. The maximum Gasteiger partial charge on any atom is 0.227 e. The van der Waals surface area contributed by atoms with Crippen molar-refractivity contribution in [3.05, 3.63) is 22.8 Å². The number of hydrogen-bond donors (Lipinski definition) is 2. The van der Waals surface area contributed by atoms with E-state index in [1.807, 2.05) is 13.0 Å².